The maximum Gasteiger partial charge on any atom is 0.341 e. The van der Waals surface area contributed by atoms with E-state index in [1.54, 1.807) is 24.3 Å². The average Bonchev–Trinajstić information content (AvgIpc) is 2.64. The maximum atomic E-state index is 13.9. The van der Waals surface area contributed by atoms with E-state index in [1.807, 2.05) is 0 Å². The number of carbonyl (C=O) groups is 1. The van der Waals surface area contributed by atoms with Crippen molar-refractivity contribution in [3.8, 4) is 5.75 Å². The minimum atomic E-state index is -0.850. The number of non-ortho nitro benzene ring substituents is 1. The summed E-state index contributed by atoms with van der Waals surface area (Å²) in [5.74, 6) is -1.58. The zero-order valence-corrected chi connectivity index (χ0v) is 14.1. The van der Waals surface area contributed by atoms with Crippen molar-refractivity contribution in [2.24, 2.45) is 0 Å². The van der Waals surface area contributed by atoms with Gasteiger partial charge in [0.1, 0.15) is 12.2 Å². The van der Waals surface area contributed by atoms with Gasteiger partial charge in [-0.1, -0.05) is 24.3 Å². The van der Waals surface area contributed by atoms with E-state index in [4.69, 9.17) is 14.2 Å². The Morgan fingerprint density at radius 1 is 1.23 bits per heavy atom. The molecule has 26 heavy (non-hydrogen) atoms. The predicted molar refractivity (Wildman–Crippen MR) is 90.8 cm³/mol. The SMILES string of the molecule is CO/C=C(/C(=O)OC)c1ccccc1COc1ccc([N+](=O)[O-])cc1F. The van der Waals surface area contributed by atoms with Crippen LogP contribution in [0.3, 0.4) is 0 Å². The van der Waals surface area contributed by atoms with Crippen LogP contribution >= 0.6 is 0 Å². The number of nitro groups is 1. The number of rotatable bonds is 7. The van der Waals surface area contributed by atoms with Crippen LogP contribution < -0.4 is 4.74 Å². The van der Waals surface area contributed by atoms with Gasteiger partial charge in [0.2, 0.25) is 0 Å². The molecule has 0 radical (unpaired) electrons. The van der Waals surface area contributed by atoms with Crippen molar-refractivity contribution in [3.63, 3.8) is 0 Å². The number of nitrogens with zero attached hydrogens (tertiary/aromatic N) is 1. The lowest BCUT2D eigenvalue weighted by Gasteiger charge is -2.13. The van der Waals surface area contributed by atoms with Crippen LogP contribution in [0.25, 0.3) is 5.57 Å². The molecule has 7 nitrogen and oxygen atoms in total. The van der Waals surface area contributed by atoms with E-state index in [9.17, 15) is 19.3 Å². The first-order valence-corrected chi connectivity index (χ1v) is 7.44. The molecule has 0 fully saturated rings. The maximum absolute atomic E-state index is 13.9. The summed E-state index contributed by atoms with van der Waals surface area (Å²) in [5.41, 5.74) is 0.895. The van der Waals surface area contributed by atoms with Crippen LogP contribution in [0.4, 0.5) is 10.1 Å². The fraction of sp³-hybridized carbons (Fsp3) is 0.167. The topological polar surface area (TPSA) is 87.9 Å². The van der Waals surface area contributed by atoms with E-state index in [0.29, 0.717) is 11.1 Å². The first kappa shape index (κ1) is 18.9. The van der Waals surface area contributed by atoms with Gasteiger partial charge in [0, 0.05) is 6.07 Å². The number of methoxy groups -OCH3 is 2. The molecule has 0 amide bonds. The highest BCUT2D eigenvalue weighted by atomic mass is 19.1. The van der Waals surface area contributed by atoms with Crippen LogP contribution in [-0.4, -0.2) is 25.1 Å². The van der Waals surface area contributed by atoms with Gasteiger partial charge in [-0.25, -0.2) is 9.18 Å². The van der Waals surface area contributed by atoms with E-state index in [1.165, 1.54) is 26.5 Å². The molecule has 0 aliphatic heterocycles. The smallest absolute Gasteiger partial charge is 0.341 e. The Balaban J connectivity index is 2.27. The number of ether oxygens (including phenoxy) is 3. The van der Waals surface area contributed by atoms with Gasteiger partial charge < -0.3 is 14.2 Å². The highest BCUT2D eigenvalue weighted by Crippen LogP contribution is 2.26. The molecule has 0 saturated carbocycles. The van der Waals surface area contributed by atoms with Gasteiger partial charge in [0.05, 0.1) is 31.5 Å². The van der Waals surface area contributed by atoms with Gasteiger partial charge in [-0.15, -0.1) is 0 Å². The lowest BCUT2D eigenvalue weighted by atomic mass is 10.0. The molecule has 0 saturated heterocycles. The summed E-state index contributed by atoms with van der Waals surface area (Å²) >= 11 is 0. The molecule has 0 unspecified atom stereocenters. The summed E-state index contributed by atoms with van der Waals surface area (Å²) in [6.07, 6.45) is 1.25. The number of hydrogen-bond donors (Lipinski definition) is 0. The Morgan fingerprint density at radius 2 is 1.96 bits per heavy atom. The van der Waals surface area contributed by atoms with Crippen LogP contribution in [0, 0.1) is 15.9 Å². The molecule has 2 aromatic rings. The van der Waals surface area contributed by atoms with Crippen LogP contribution in [0.1, 0.15) is 11.1 Å². The van der Waals surface area contributed by atoms with Crippen molar-refractivity contribution in [3.05, 3.63) is 75.8 Å². The Labute approximate surface area is 148 Å². The summed E-state index contributed by atoms with van der Waals surface area (Å²) in [6.45, 7) is -0.0665. The Morgan fingerprint density at radius 3 is 2.58 bits per heavy atom. The van der Waals surface area contributed by atoms with E-state index in [2.05, 4.69) is 0 Å². The second kappa shape index (κ2) is 8.61. The largest absolute Gasteiger partial charge is 0.503 e. The van der Waals surface area contributed by atoms with Crippen molar-refractivity contribution in [1.82, 2.24) is 0 Å². The minimum Gasteiger partial charge on any atom is -0.503 e. The lowest BCUT2D eigenvalue weighted by molar-refractivity contribution is -0.385. The molecule has 0 aliphatic carbocycles. The van der Waals surface area contributed by atoms with E-state index in [-0.39, 0.29) is 23.6 Å². The molecule has 0 bridgehead atoms. The van der Waals surface area contributed by atoms with E-state index >= 15 is 0 Å². The van der Waals surface area contributed by atoms with E-state index < -0.39 is 16.7 Å². The Hall–Kier alpha value is -3.42. The molecule has 0 heterocycles. The second-order valence-corrected chi connectivity index (χ2v) is 5.08. The fourth-order valence-electron chi connectivity index (χ4n) is 2.23. The number of benzene rings is 2. The normalized spacial score (nSPS) is 11.0. The molecular weight excluding hydrogens is 345 g/mol. The zero-order valence-electron chi connectivity index (χ0n) is 14.1. The van der Waals surface area contributed by atoms with Gasteiger partial charge in [-0.05, 0) is 17.2 Å². The third kappa shape index (κ3) is 4.35. The van der Waals surface area contributed by atoms with Crippen molar-refractivity contribution in [2.75, 3.05) is 14.2 Å². The van der Waals surface area contributed by atoms with Crippen molar-refractivity contribution in [1.29, 1.82) is 0 Å². The van der Waals surface area contributed by atoms with Crippen LogP contribution in [-0.2, 0) is 20.9 Å². The van der Waals surface area contributed by atoms with Gasteiger partial charge >= 0.3 is 5.97 Å². The van der Waals surface area contributed by atoms with Crippen LogP contribution in [0.15, 0.2) is 48.7 Å². The molecule has 0 N–H and O–H groups in total. The number of nitro benzene ring substituents is 1. The number of esters is 1. The summed E-state index contributed by atoms with van der Waals surface area (Å²) in [7, 11) is 2.64. The second-order valence-electron chi connectivity index (χ2n) is 5.08. The van der Waals surface area contributed by atoms with Crippen molar-refractivity contribution in [2.45, 2.75) is 6.61 Å². The van der Waals surface area contributed by atoms with Crippen LogP contribution in [0.2, 0.25) is 0 Å². The lowest BCUT2D eigenvalue weighted by Crippen LogP contribution is -2.08. The van der Waals surface area contributed by atoms with Crippen molar-refractivity contribution < 1.29 is 28.3 Å². The van der Waals surface area contributed by atoms with E-state index in [0.717, 1.165) is 12.1 Å². The summed E-state index contributed by atoms with van der Waals surface area (Å²) in [5, 5.41) is 10.7. The highest BCUT2D eigenvalue weighted by molar-refractivity contribution is 6.16. The quantitative estimate of drug-likeness (QED) is 0.247. The molecule has 0 aromatic heterocycles. The molecule has 2 aromatic carbocycles. The number of carbonyl (C=O) groups excluding carboxylic acids is 1. The molecule has 136 valence electrons. The molecule has 0 atom stereocenters. The van der Waals surface area contributed by atoms with Gasteiger partial charge in [-0.2, -0.15) is 0 Å². The standard InChI is InChI=1S/C18H16FNO6/c1-24-11-15(18(21)25-2)14-6-4-3-5-12(14)10-26-17-8-7-13(20(22)23)9-16(17)19/h3-9,11H,10H2,1-2H3/b15-11+. The number of hydrogen-bond acceptors (Lipinski definition) is 6. The summed E-state index contributed by atoms with van der Waals surface area (Å²) in [4.78, 5) is 21.9. The molecular formula is C18H16FNO6. The van der Waals surface area contributed by atoms with Crippen molar-refractivity contribution >= 4 is 17.2 Å². The third-order valence-electron chi connectivity index (χ3n) is 3.46. The molecule has 0 spiro atoms. The zero-order chi connectivity index (χ0) is 19.1. The highest BCUT2D eigenvalue weighted by Gasteiger charge is 2.18. The minimum absolute atomic E-state index is 0.0665. The first-order valence-electron chi connectivity index (χ1n) is 7.44. The number of halogens is 1. The Bertz CT molecular complexity index is 849. The molecule has 0 aliphatic rings. The van der Waals surface area contributed by atoms with Crippen LogP contribution in [0.5, 0.6) is 5.75 Å². The molecule has 2 rings (SSSR count). The van der Waals surface area contributed by atoms with Gasteiger partial charge in [0.15, 0.2) is 11.6 Å². The third-order valence-corrected chi connectivity index (χ3v) is 3.46. The predicted octanol–water partition coefficient (Wildman–Crippen LogP) is 3.47. The molecule has 8 heteroatoms. The summed E-state index contributed by atoms with van der Waals surface area (Å²) in [6, 6.07) is 9.94. The average molecular weight is 361 g/mol. The summed E-state index contributed by atoms with van der Waals surface area (Å²) < 4.78 is 29.0. The van der Waals surface area contributed by atoms with Gasteiger partial charge in [0.25, 0.3) is 5.69 Å². The Kier molecular flexibility index (Phi) is 6.26. The first-order chi connectivity index (χ1) is 12.5. The van der Waals surface area contributed by atoms with Gasteiger partial charge in [-0.3, -0.25) is 10.1 Å². The monoisotopic (exact) mass is 361 g/mol. The fourth-order valence-corrected chi connectivity index (χ4v) is 2.23.